The molecule has 0 radical (unpaired) electrons. The highest BCUT2D eigenvalue weighted by atomic mass is 16.1. The molecule has 0 bridgehead atoms. The Kier molecular flexibility index (Phi) is 3.40. The molecule has 0 atom stereocenters. The number of benzene rings is 1. The van der Waals surface area contributed by atoms with Crippen LogP contribution < -0.4 is 10.6 Å². The Bertz CT molecular complexity index is 476. The fourth-order valence-electron chi connectivity index (χ4n) is 1.46. The van der Waals surface area contributed by atoms with Crippen molar-refractivity contribution in [2.24, 2.45) is 0 Å². The van der Waals surface area contributed by atoms with Crippen molar-refractivity contribution < 1.29 is 4.79 Å². The van der Waals surface area contributed by atoms with Crippen LogP contribution >= 0.6 is 0 Å². The van der Waals surface area contributed by atoms with Crippen LogP contribution in [0.25, 0.3) is 0 Å². The standard InChI is InChI=1S/C12H14N4O/c1-9(17)16-11-4-2-10(3-5-11)6-13-12-7-14-15-8-12/h2-5,7-8,13H,6H2,1H3,(H,14,15)(H,16,17). The van der Waals surface area contributed by atoms with Crippen LogP contribution in [-0.2, 0) is 11.3 Å². The van der Waals surface area contributed by atoms with Crippen LogP contribution in [0.15, 0.2) is 36.7 Å². The highest BCUT2D eigenvalue weighted by molar-refractivity contribution is 5.88. The number of amides is 1. The molecular weight excluding hydrogens is 216 g/mol. The molecular formula is C12H14N4O. The maximum atomic E-state index is 10.8. The molecule has 3 N–H and O–H groups in total. The van der Waals surface area contributed by atoms with E-state index in [2.05, 4.69) is 20.8 Å². The van der Waals surface area contributed by atoms with E-state index in [1.807, 2.05) is 24.3 Å². The number of H-pyrrole nitrogens is 1. The van der Waals surface area contributed by atoms with E-state index in [-0.39, 0.29) is 5.91 Å². The maximum absolute atomic E-state index is 10.8. The summed E-state index contributed by atoms with van der Waals surface area (Å²) < 4.78 is 0. The average molecular weight is 230 g/mol. The molecule has 1 aromatic carbocycles. The van der Waals surface area contributed by atoms with Crippen molar-refractivity contribution in [3.8, 4) is 0 Å². The van der Waals surface area contributed by atoms with Gasteiger partial charge < -0.3 is 10.6 Å². The lowest BCUT2D eigenvalue weighted by Gasteiger charge is -2.05. The van der Waals surface area contributed by atoms with Crippen LogP contribution in [-0.4, -0.2) is 16.1 Å². The zero-order valence-electron chi connectivity index (χ0n) is 9.53. The van der Waals surface area contributed by atoms with Crippen molar-refractivity contribution in [2.45, 2.75) is 13.5 Å². The molecule has 2 rings (SSSR count). The number of anilines is 2. The van der Waals surface area contributed by atoms with E-state index in [1.54, 1.807) is 12.4 Å². The first-order chi connectivity index (χ1) is 8.24. The molecule has 0 aliphatic heterocycles. The van der Waals surface area contributed by atoms with E-state index >= 15 is 0 Å². The third-order valence-corrected chi connectivity index (χ3v) is 2.27. The highest BCUT2D eigenvalue weighted by Crippen LogP contribution is 2.11. The summed E-state index contributed by atoms with van der Waals surface area (Å²) in [6, 6.07) is 7.71. The monoisotopic (exact) mass is 230 g/mol. The molecule has 0 saturated carbocycles. The van der Waals surface area contributed by atoms with E-state index in [0.29, 0.717) is 0 Å². The first kappa shape index (κ1) is 11.2. The van der Waals surface area contributed by atoms with Gasteiger partial charge in [0.1, 0.15) is 0 Å². The lowest BCUT2D eigenvalue weighted by molar-refractivity contribution is -0.114. The number of carbonyl (C=O) groups is 1. The topological polar surface area (TPSA) is 69.8 Å². The number of nitrogens with one attached hydrogen (secondary N) is 3. The van der Waals surface area contributed by atoms with Crippen molar-refractivity contribution in [1.82, 2.24) is 10.2 Å². The van der Waals surface area contributed by atoms with Crippen LogP contribution in [0, 0.1) is 0 Å². The zero-order valence-corrected chi connectivity index (χ0v) is 9.53. The molecule has 0 aliphatic carbocycles. The van der Waals surface area contributed by atoms with Crippen molar-refractivity contribution in [2.75, 3.05) is 10.6 Å². The van der Waals surface area contributed by atoms with Gasteiger partial charge in [0, 0.05) is 25.4 Å². The number of carbonyl (C=O) groups excluding carboxylic acids is 1. The minimum absolute atomic E-state index is 0.0609. The van der Waals surface area contributed by atoms with Crippen molar-refractivity contribution in [3.05, 3.63) is 42.2 Å². The van der Waals surface area contributed by atoms with Crippen molar-refractivity contribution in [1.29, 1.82) is 0 Å². The van der Waals surface area contributed by atoms with Crippen LogP contribution in [0.1, 0.15) is 12.5 Å². The van der Waals surface area contributed by atoms with E-state index < -0.39 is 0 Å². The second-order valence-corrected chi connectivity index (χ2v) is 3.72. The van der Waals surface area contributed by atoms with Gasteiger partial charge in [-0.1, -0.05) is 12.1 Å². The van der Waals surface area contributed by atoms with Gasteiger partial charge in [-0.2, -0.15) is 5.10 Å². The summed E-state index contributed by atoms with van der Waals surface area (Å²) in [5.41, 5.74) is 2.90. The lowest BCUT2D eigenvalue weighted by atomic mass is 10.2. The Morgan fingerprint density at radius 3 is 2.65 bits per heavy atom. The zero-order chi connectivity index (χ0) is 12.1. The third kappa shape index (κ3) is 3.34. The Balaban J connectivity index is 1.91. The molecule has 0 aliphatic rings. The molecule has 1 aromatic heterocycles. The fourth-order valence-corrected chi connectivity index (χ4v) is 1.46. The normalized spacial score (nSPS) is 9.94. The largest absolute Gasteiger partial charge is 0.378 e. The van der Waals surface area contributed by atoms with E-state index in [9.17, 15) is 4.79 Å². The molecule has 2 aromatic rings. The van der Waals surface area contributed by atoms with E-state index in [0.717, 1.165) is 23.5 Å². The quantitative estimate of drug-likeness (QED) is 0.752. The summed E-state index contributed by atoms with van der Waals surface area (Å²) in [5, 5.41) is 12.5. The van der Waals surface area contributed by atoms with Gasteiger partial charge in [0.15, 0.2) is 0 Å². The minimum atomic E-state index is -0.0609. The molecule has 0 spiro atoms. The Morgan fingerprint density at radius 1 is 1.29 bits per heavy atom. The van der Waals surface area contributed by atoms with Gasteiger partial charge in [0.2, 0.25) is 5.91 Å². The lowest BCUT2D eigenvalue weighted by Crippen LogP contribution is -2.05. The Morgan fingerprint density at radius 2 is 2.06 bits per heavy atom. The van der Waals surface area contributed by atoms with Crippen molar-refractivity contribution in [3.63, 3.8) is 0 Å². The van der Waals surface area contributed by atoms with Gasteiger partial charge in [-0.15, -0.1) is 0 Å². The number of nitrogens with zero attached hydrogens (tertiary/aromatic N) is 1. The second kappa shape index (κ2) is 5.16. The summed E-state index contributed by atoms with van der Waals surface area (Å²) in [7, 11) is 0. The van der Waals surface area contributed by atoms with Gasteiger partial charge in [-0.3, -0.25) is 9.89 Å². The summed E-state index contributed by atoms with van der Waals surface area (Å²) in [6.45, 7) is 2.22. The van der Waals surface area contributed by atoms with Crippen LogP contribution in [0.4, 0.5) is 11.4 Å². The summed E-state index contributed by atoms with van der Waals surface area (Å²) in [5.74, 6) is -0.0609. The fraction of sp³-hybridized carbons (Fsp3) is 0.167. The predicted molar refractivity (Wildman–Crippen MR) is 66.7 cm³/mol. The number of aromatic amines is 1. The maximum Gasteiger partial charge on any atom is 0.221 e. The summed E-state index contributed by atoms with van der Waals surface area (Å²) >= 11 is 0. The first-order valence-corrected chi connectivity index (χ1v) is 5.33. The van der Waals surface area contributed by atoms with Crippen LogP contribution in [0.2, 0.25) is 0 Å². The molecule has 0 saturated heterocycles. The molecule has 1 amide bonds. The summed E-state index contributed by atoms with van der Waals surface area (Å²) in [6.07, 6.45) is 3.53. The highest BCUT2D eigenvalue weighted by Gasteiger charge is 1.97. The molecule has 5 nitrogen and oxygen atoms in total. The average Bonchev–Trinajstić information content (AvgIpc) is 2.80. The SMILES string of the molecule is CC(=O)Nc1ccc(CNc2cn[nH]c2)cc1. The number of hydrogen-bond donors (Lipinski definition) is 3. The Labute approximate surface area is 99.2 Å². The van der Waals surface area contributed by atoms with Gasteiger partial charge in [0.05, 0.1) is 11.9 Å². The first-order valence-electron chi connectivity index (χ1n) is 5.33. The number of hydrogen-bond acceptors (Lipinski definition) is 3. The van der Waals surface area contributed by atoms with Gasteiger partial charge in [0.25, 0.3) is 0 Å². The molecule has 0 fully saturated rings. The number of aromatic nitrogens is 2. The van der Waals surface area contributed by atoms with Crippen LogP contribution in [0.5, 0.6) is 0 Å². The molecule has 88 valence electrons. The number of rotatable bonds is 4. The summed E-state index contributed by atoms with van der Waals surface area (Å²) in [4.78, 5) is 10.8. The molecule has 17 heavy (non-hydrogen) atoms. The Hall–Kier alpha value is -2.30. The molecule has 1 heterocycles. The van der Waals surface area contributed by atoms with Gasteiger partial charge in [-0.05, 0) is 17.7 Å². The van der Waals surface area contributed by atoms with E-state index in [4.69, 9.17) is 0 Å². The third-order valence-electron chi connectivity index (χ3n) is 2.27. The minimum Gasteiger partial charge on any atom is -0.378 e. The second-order valence-electron chi connectivity index (χ2n) is 3.72. The molecule has 0 unspecified atom stereocenters. The smallest absolute Gasteiger partial charge is 0.221 e. The van der Waals surface area contributed by atoms with Crippen molar-refractivity contribution >= 4 is 17.3 Å². The van der Waals surface area contributed by atoms with Gasteiger partial charge >= 0.3 is 0 Å². The predicted octanol–water partition coefficient (Wildman–Crippen LogP) is 1.98. The van der Waals surface area contributed by atoms with Gasteiger partial charge in [-0.25, -0.2) is 0 Å². The van der Waals surface area contributed by atoms with Crippen LogP contribution in [0.3, 0.4) is 0 Å². The molecule has 5 heteroatoms. The van der Waals surface area contributed by atoms with E-state index in [1.165, 1.54) is 6.92 Å².